The summed E-state index contributed by atoms with van der Waals surface area (Å²) in [5.74, 6) is -0.549. The third kappa shape index (κ3) is 4.13. The van der Waals surface area contributed by atoms with Crippen molar-refractivity contribution in [3.05, 3.63) is 65.2 Å². The Hall–Kier alpha value is -2.82. The second-order valence-corrected chi connectivity index (χ2v) is 5.79. The number of carboxylic acid groups (broad SMARTS) is 1. The van der Waals surface area contributed by atoms with E-state index in [2.05, 4.69) is 19.2 Å². The van der Waals surface area contributed by atoms with E-state index in [1.807, 2.05) is 12.1 Å². The topological polar surface area (TPSA) is 75.6 Å². The van der Waals surface area contributed by atoms with Crippen LogP contribution < -0.4 is 10.1 Å². The van der Waals surface area contributed by atoms with E-state index < -0.39 is 17.9 Å². The van der Waals surface area contributed by atoms with E-state index in [1.54, 1.807) is 36.4 Å². The molecule has 5 nitrogen and oxygen atoms in total. The van der Waals surface area contributed by atoms with Crippen LogP contribution in [0.4, 0.5) is 0 Å². The summed E-state index contributed by atoms with van der Waals surface area (Å²) in [6, 6.07) is 12.6. The summed E-state index contributed by atoms with van der Waals surface area (Å²) < 4.78 is 5.06. The fourth-order valence-corrected chi connectivity index (χ4v) is 2.32. The number of carbonyl (C=O) groups is 2. The van der Waals surface area contributed by atoms with Crippen molar-refractivity contribution in [3.63, 3.8) is 0 Å². The molecule has 0 aliphatic heterocycles. The first-order valence-electron chi connectivity index (χ1n) is 7.70. The lowest BCUT2D eigenvalue weighted by Crippen LogP contribution is -2.33. The van der Waals surface area contributed by atoms with Crippen LogP contribution in [0.1, 0.15) is 47.3 Å². The molecule has 0 aliphatic rings. The molecule has 2 aromatic rings. The Kier molecular flexibility index (Phi) is 5.58. The van der Waals surface area contributed by atoms with Crippen LogP contribution in [0.2, 0.25) is 0 Å². The van der Waals surface area contributed by atoms with Crippen molar-refractivity contribution in [3.8, 4) is 5.75 Å². The predicted molar refractivity (Wildman–Crippen MR) is 91.4 cm³/mol. The van der Waals surface area contributed by atoms with Gasteiger partial charge in [0.15, 0.2) is 6.04 Å². The second-order valence-electron chi connectivity index (χ2n) is 5.79. The van der Waals surface area contributed by atoms with Gasteiger partial charge in [-0.2, -0.15) is 0 Å². The number of amides is 1. The first-order valence-corrected chi connectivity index (χ1v) is 7.70. The zero-order chi connectivity index (χ0) is 17.7. The molecule has 0 saturated heterocycles. The van der Waals surface area contributed by atoms with E-state index in [1.165, 1.54) is 7.11 Å². The molecule has 0 aliphatic carbocycles. The Morgan fingerprint density at radius 1 is 0.958 bits per heavy atom. The Bertz CT molecular complexity index is 705. The maximum absolute atomic E-state index is 12.3. The van der Waals surface area contributed by atoms with Crippen LogP contribution in [0.3, 0.4) is 0 Å². The maximum Gasteiger partial charge on any atom is 0.330 e. The molecule has 1 amide bonds. The first-order chi connectivity index (χ1) is 11.4. The molecule has 1 unspecified atom stereocenters. The highest BCUT2D eigenvalue weighted by molar-refractivity contribution is 5.96. The molecule has 0 fully saturated rings. The van der Waals surface area contributed by atoms with Gasteiger partial charge in [0, 0.05) is 5.56 Å². The van der Waals surface area contributed by atoms with Crippen molar-refractivity contribution in [1.82, 2.24) is 5.32 Å². The highest BCUT2D eigenvalue weighted by atomic mass is 16.5. The number of rotatable bonds is 6. The summed E-state index contributed by atoms with van der Waals surface area (Å²) in [6.45, 7) is 4.14. The number of hydrogen-bond acceptors (Lipinski definition) is 3. The van der Waals surface area contributed by atoms with E-state index >= 15 is 0 Å². The molecule has 0 aromatic heterocycles. The fourth-order valence-electron chi connectivity index (χ4n) is 2.32. The Morgan fingerprint density at radius 2 is 1.50 bits per heavy atom. The van der Waals surface area contributed by atoms with Crippen molar-refractivity contribution < 1.29 is 19.4 Å². The van der Waals surface area contributed by atoms with Crippen LogP contribution >= 0.6 is 0 Å². The van der Waals surface area contributed by atoms with Gasteiger partial charge in [-0.25, -0.2) is 4.79 Å². The molecule has 2 rings (SSSR count). The lowest BCUT2D eigenvalue weighted by molar-refractivity contribution is -0.139. The SMILES string of the molecule is COc1ccc(C(NC(=O)c2ccc(C(C)C)cc2)C(=O)O)cc1. The van der Waals surface area contributed by atoms with E-state index in [-0.39, 0.29) is 0 Å². The van der Waals surface area contributed by atoms with Crippen molar-refractivity contribution in [2.75, 3.05) is 7.11 Å². The Morgan fingerprint density at radius 3 is 1.96 bits per heavy atom. The molecule has 1 atom stereocenters. The molecule has 2 N–H and O–H groups in total. The van der Waals surface area contributed by atoms with Gasteiger partial charge in [0.2, 0.25) is 0 Å². The van der Waals surface area contributed by atoms with Gasteiger partial charge < -0.3 is 15.2 Å². The predicted octanol–water partition coefficient (Wildman–Crippen LogP) is 3.37. The molecular weight excluding hydrogens is 306 g/mol. The average Bonchev–Trinajstić information content (AvgIpc) is 2.59. The molecule has 0 bridgehead atoms. The number of ether oxygens (including phenoxy) is 1. The van der Waals surface area contributed by atoms with Gasteiger partial charge in [0.25, 0.3) is 5.91 Å². The molecule has 2 aromatic carbocycles. The summed E-state index contributed by atoms with van der Waals surface area (Å²) in [7, 11) is 1.53. The van der Waals surface area contributed by atoms with E-state index in [9.17, 15) is 14.7 Å². The first kappa shape index (κ1) is 17.5. The molecule has 126 valence electrons. The van der Waals surface area contributed by atoms with Gasteiger partial charge in [-0.15, -0.1) is 0 Å². The van der Waals surface area contributed by atoms with Crippen molar-refractivity contribution >= 4 is 11.9 Å². The largest absolute Gasteiger partial charge is 0.497 e. The molecule has 0 saturated carbocycles. The number of nitrogens with one attached hydrogen (secondary N) is 1. The highest BCUT2D eigenvalue weighted by Crippen LogP contribution is 2.19. The molecule has 0 heterocycles. The van der Waals surface area contributed by atoms with Crippen LogP contribution in [-0.4, -0.2) is 24.1 Å². The van der Waals surface area contributed by atoms with E-state index in [0.29, 0.717) is 22.8 Å². The minimum Gasteiger partial charge on any atom is -0.497 e. The minimum atomic E-state index is -1.12. The number of hydrogen-bond donors (Lipinski definition) is 2. The van der Waals surface area contributed by atoms with Gasteiger partial charge in [0.05, 0.1) is 7.11 Å². The monoisotopic (exact) mass is 327 g/mol. The molecular formula is C19H21NO4. The second kappa shape index (κ2) is 7.64. The summed E-state index contributed by atoms with van der Waals surface area (Å²) in [5, 5.41) is 12.0. The zero-order valence-electron chi connectivity index (χ0n) is 13.9. The summed E-state index contributed by atoms with van der Waals surface area (Å²) in [6.07, 6.45) is 0. The third-order valence-electron chi connectivity index (χ3n) is 3.81. The van der Waals surface area contributed by atoms with Crippen molar-refractivity contribution in [2.24, 2.45) is 0 Å². The standard InChI is InChI=1S/C19H21NO4/c1-12(2)13-4-6-15(7-5-13)18(21)20-17(19(22)23)14-8-10-16(24-3)11-9-14/h4-12,17H,1-3H3,(H,20,21)(H,22,23). The van der Waals surface area contributed by atoms with Crippen LogP contribution in [0.25, 0.3) is 0 Å². The molecule has 0 spiro atoms. The zero-order valence-corrected chi connectivity index (χ0v) is 13.9. The molecule has 5 heteroatoms. The quantitative estimate of drug-likeness (QED) is 0.853. The third-order valence-corrected chi connectivity index (χ3v) is 3.81. The summed E-state index contributed by atoms with van der Waals surface area (Å²) >= 11 is 0. The number of methoxy groups -OCH3 is 1. The average molecular weight is 327 g/mol. The highest BCUT2D eigenvalue weighted by Gasteiger charge is 2.22. The normalized spacial score (nSPS) is 11.8. The Labute approximate surface area is 141 Å². The number of carboxylic acids is 1. The van der Waals surface area contributed by atoms with Crippen LogP contribution in [0.15, 0.2) is 48.5 Å². The number of aliphatic carboxylic acids is 1. The Balaban J connectivity index is 2.17. The number of benzene rings is 2. The van der Waals surface area contributed by atoms with Gasteiger partial charge in [0.1, 0.15) is 5.75 Å². The van der Waals surface area contributed by atoms with Gasteiger partial charge in [-0.1, -0.05) is 38.1 Å². The summed E-state index contributed by atoms with van der Waals surface area (Å²) in [4.78, 5) is 23.9. The lowest BCUT2D eigenvalue weighted by atomic mass is 10.0. The van der Waals surface area contributed by atoms with E-state index in [0.717, 1.165) is 5.56 Å². The molecule has 0 radical (unpaired) electrons. The van der Waals surface area contributed by atoms with Crippen molar-refractivity contribution in [1.29, 1.82) is 0 Å². The smallest absolute Gasteiger partial charge is 0.330 e. The van der Waals surface area contributed by atoms with Gasteiger partial charge in [-0.05, 0) is 41.3 Å². The number of carbonyl (C=O) groups excluding carboxylic acids is 1. The van der Waals surface area contributed by atoms with Gasteiger partial charge >= 0.3 is 5.97 Å². The van der Waals surface area contributed by atoms with Crippen molar-refractivity contribution in [2.45, 2.75) is 25.8 Å². The fraction of sp³-hybridized carbons (Fsp3) is 0.263. The lowest BCUT2D eigenvalue weighted by Gasteiger charge is -2.16. The van der Waals surface area contributed by atoms with Gasteiger partial charge in [-0.3, -0.25) is 4.79 Å². The van der Waals surface area contributed by atoms with Crippen LogP contribution in [0, 0.1) is 0 Å². The maximum atomic E-state index is 12.3. The minimum absolute atomic E-state index is 0.369. The molecule has 24 heavy (non-hydrogen) atoms. The summed E-state index contributed by atoms with van der Waals surface area (Å²) in [5.41, 5.74) is 2.03. The van der Waals surface area contributed by atoms with Crippen LogP contribution in [-0.2, 0) is 4.79 Å². The van der Waals surface area contributed by atoms with Crippen LogP contribution in [0.5, 0.6) is 5.75 Å². The van der Waals surface area contributed by atoms with E-state index in [4.69, 9.17) is 4.74 Å².